The van der Waals surface area contributed by atoms with Crippen molar-refractivity contribution < 1.29 is 14.6 Å². The molecule has 0 heterocycles. The molecule has 0 bridgehead atoms. The summed E-state index contributed by atoms with van der Waals surface area (Å²) in [5, 5.41) is 9.91. The molecule has 3 heteroatoms. The molecule has 0 aliphatic heterocycles. The second-order valence-corrected chi connectivity index (χ2v) is 3.61. The van der Waals surface area contributed by atoms with E-state index in [-0.39, 0.29) is 18.0 Å². The number of para-hydroxylation sites is 1. The number of benzene rings is 1. The summed E-state index contributed by atoms with van der Waals surface area (Å²) in [6.07, 6.45) is -0.336. The van der Waals surface area contributed by atoms with Crippen LogP contribution in [0.15, 0.2) is 18.2 Å². The average molecular weight is 210 g/mol. The fraction of sp³-hybridized carbons (Fsp3) is 0.500. The molecule has 0 spiro atoms. The molecule has 0 aliphatic rings. The minimum atomic E-state index is -0.241. The van der Waals surface area contributed by atoms with Crippen molar-refractivity contribution in [3.05, 3.63) is 29.3 Å². The Bertz CT molecular complexity index is 323. The van der Waals surface area contributed by atoms with Crippen molar-refractivity contribution in [2.75, 3.05) is 14.2 Å². The predicted molar refractivity (Wildman–Crippen MR) is 59.1 cm³/mol. The summed E-state index contributed by atoms with van der Waals surface area (Å²) < 4.78 is 10.6. The van der Waals surface area contributed by atoms with Crippen LogP contribution in [0, 0.1) is 6.92 Å². The Morgan fingerprint density at radius 2 is 1.87 bits per heavy atom. The average Bonchev–Trinajstić information content (AvgIpc) is 2.24. The highest BCUT2D eigenvalue weighted by molar-refractivity contribution is 5.41. The monoisotopic (exact) mass is 210 g/mol. The molecular formula is C12H18O3. The van der Waals surface area contributed by atoms with E-state index >= 15 is 0 Å². The van der Waals surface area contributed by atoms with Crippen molar-refractivity contribution in [3.63, 3.8) is 0 Å². The summed E-state index contributed by atoms with van der Waals surface area (Å²) in [5.74, 6) is 0.285. The molecule has 2 atom stereocenters. The van der Waals surface area contributed by atoms with Crippen LogP contribution in [0.25, 0.3) is 0 Å². The molecule has 0 unspecified atom stereocenters. The number of ether oxygens (including phenoxy) is 2. The fourth-order valence-electron chi connectivity index (χ4n) is 1.61. The Labute approximate surface area is 90.6 Å². The molecule has 0 radical (unpaired) electrons. The number of phenols is 1. The number of phenolic OH excluding ortho intramolecular Hbond substituents is 1. The Kier molecular flexibility index (Phi) is 4.12. The van der Waals surface area contributed by atoms with Gasteiger partial charge in [0.05, 0.1) is 6.10 Å². The zero-order valence-corrected chi connectivity index (χ0v) is 9.65. The van der Waals surface area contributed by atoms with Gasteiger partial charge in [-0.2, -0.15) is 0 Å². The van der Waals surface area contributed by atoms with E-state index in [2.05, 4.69) is 0 Å². The van der Waals surface area contributed by atoms with Crippen molar-refractivity contribution in [1.29, 1.82) is 0 Å². The molecule has 0 fully saturated rings. The first-order valence-electron chi connectivity index (χ1n) is 4.95. The SMILES string of the molecule is CO[C@@H](C)[C@H](OC)c1cccc(C)c1O. The lowest BCUT2D eigenvalue weighted by Gasteiger charge is -2.23. The largest absolute Gasteiger partial charge is 0.507 e. The first kappa shape index (κ1) is 12.0. The third-order valence-corrected chi connectivity index (χ3v) is 2.63. The first-order valence-corrected chi connectivity index (χ1v) is 4.95. The molecule has 1 N–H and O–H groups in total. The number of aryl methyl sites for hydroxylation is 1. The molecule has 0 saturated heterocycles. The maximum atomic E-state index is 9.91. The molecule has 1 aromatic carbocycles. The van der Waals surface area contributed by atoms with Gasteiger partial charge in [-0.15, -0.1) is 0 Å². The van der Waals surface area contributed by atoms with E-state index in [1.807, 2.05) is 32.0 Å². The third kappa shape index (κ3) is 2.49. The van der Waals surface area contributed by atoms with Gasteiger partial charge < -0.3 is 14.6 Å². The van der Waals surface area contributed by atoms with Gasteiger partial charge in [0.25, 0.3) is 0 Å². The Balaban J connectivity index is 3.07. The number of methoxy groups -OCH3 is 2. The van der Waals surface area contributed by atoms with E-state index in [1.165, 1.54) is 0 Å². The highest BCUT2D eigenvalue weighted by Crippen LogP contribution is 2.31. The maximum absolute atomic E-state index is 9.91. The van der Waals surface area contributed by atoms with Crippen LogP contribution in [0.1, 0.15) is 24.2 Å². The highest BCUT2D eigenvalue weighted by atomic mass is 16.5. The number of hydrogen-bond acceptors (Lipinski definition) is 3. The summed E-state index contributed by atoms with van der Waals surface area (Å²) >= 11 is 0. The van der Waals surface area contributed by atoms with Gasteiger partial charge in [-0.05, 0) is 19.4 Å². The van der Waals surface area contributed by atoms with Crippen LogP contribution in [0.3, 0.4) is 0 Å². The molecule has 3 nitrogen and oxygen atoms in total. The fourth-order valence-corrected chi connectivity index (χ4v) is 1.61. The third-order valence-electron chi connectivity index (χ3n) is 2.63. The van der Waals surface area contributed by atoms with Crippen molar-refractivity contribution >= 4 is 0 Å². The lowest BCUT2D eigenvalue weighted by Crippen LogP contribution is -2.19. The molecule has 84 valence electrons. The Morgan fingerprint density at radius 1 is 1.20 bits per heavy atom. The van der Waals surface area contributed by atoms with Crippen molar-refractivity contribution in [2.24, 2.45) is 0 Å². The Hall–Kier alpha value is -1.06. The van der Waals surface area contributed by atoms with Crippen LogP contribution in [-0.4, -0.2) is 25.4 Å². The standard InChI is InChI=1S/C12H18O3/c1-8-6-5-7-10(11(8)13)12(15-4)9(2)14-3/h5-7,9,12-13H,1-4H3/t9-,12-/m0/s1. The van der Waals surface area contributed by atoms with Crippen LogP contribution >= 0.6 is 0 Å². The quantitative estimate of drug-likeness (QED) is 0.829. The molecule has 0 saturated carbocycles. The summed E-state index contributed by atoms with van der Waals surface area (Å²) in [4.78, 5) is 0. The molecule has 0 aromatic heterocycles. The van der Waals surface area contributed by atoms with Crippen molar-refractivity contribution in [1.82, 2.24) is 0 Å². The minimum absolute atomic E-state index is 0.0947. The van der Waals surface area contributed by atoms with Crippen LogP contribution in [0.4, 0.5) is 0 Å². The normalized spacial score (nSPS) is 14.9. The molecule has 0 aliphatic carbocycles. The van der Waals surface area contributed by atoms with Crippen LogP contribution in [-0.2, 0) is 9.47 Å². The van der Waals surface area contributed by atoms with Gasteiger partial charge in [-0.1, -0.05) is 18.2 Å². The molecule has 0 amide bonds. The molecule has 15 heavy (non-hydrogen) atoms. The maximum Gasteiger partial charge on any atom is 0.124 e. The van der Waals surface area contributed by atoms with Gasteiger partial charge in [-0.3, -0.25) is 0 Å². The van der Waals surface area contributed by atoms with Crippen molar-refractivity contribution in [2.45, 2.75) is 26.1 Å². The van der Waals surface area contributed by atoms with Gasteiger partial charge >= 0.3 is 0 Å². The van der Waals surface area contributed by atoms with Crippen LogP contribution in [0.5, 0.6) is 5.75 Å². The number of hydrogen-bond donors (Lipinski definition) is 1. The van der Waals surface area contributed by atoms with Crippen LogP contribution < -0.4 is 0 Å². The molecule has 1 aromatic rings. The van der Waals surface area contributed by atoms with E-state index in [1.54, 1.807) is 14.2 Å². The predicted octanol–water partition coefficient (Wildman–Crippen LogP) is 2.42. The summed E-state index contributed by atoms with van der Waals surface area (Å²) in [6, 6.07) is 5.62. The van der Waals surface area contributed by atoms with E-state index in [4.69, 9.17) is 9.47 Å². The first-order chi connectivity index (χ1) is 7.11. The topological polar surface area (TPSA) is 38.7 Å². The summed E-state index contributed by atoms with van der Waals surface area (Å²) in [6.45, 7) is 3.78. The van der Waals surface area contributed by atoms with E-state index in [9.17, 15) is 5.11 Å². The van der Waals surface area contributed by atoms with E-state index in [0.717, 1.165) is 11.1 Å². The summed E-state index contributed by atoms with van der Waals surface area (Å²) in [7, 11) is 3.24. The number of rotatable bonds is 4. The van der Waals surface area contributed by atoms with Gasteiger partial charge in [-0.25, -0.2) is 0 Å². The number of aromatic hydroxyl groups is 1. The second kappa shape index (κ2) is 5.14. The highest BCUT2D eigenvalue weighted by Gasteiger charge is 2.21. The van der Waals surface area contributed by atoms with Gasteiger partial charge in [0.1, 0.15) is 11.9 Å². The lowest BCUT2D eigenvalue weighted by atomic mass is 10.0. The van der Waals surface area contributed by atoms with Gasteiger partial charge in [0.15, 0.2) is 0 Å². The molecule has 1 rings (SSSR count). The lowest BCUT2D eigenvalue weighted by molar-refractivity contribution is -0.0287. The van der Waals surface area contributed by atoms with Crippen molar-refractivity contribution in [3.8, 4) is 5.75 Å². The Morgan fingerprint density at radius 3 is 2.40 bits per heavy atom. The van der Waals surface area contributed by atoms with E-state index < -0.39 is 0 Å². The van der Waals surface area contributed by atoms with Gasteiger partial charge in [0, 0.05) is 19.8 Å². The zero-order valence-electron chi connectivity index (χ0n) is 9.65. The van der Waals surface area contributed by atoms with Crippen LogP contribution in [0.2, 0.25) is 0 Å². The minimum Gasteiger partial charge on any atom is -0.507 e. The summed E-state index contributed by atoms with van der Waals surface area (Å²) in [5.41, 5.74) is 1.62. The van der Waals surface area contributed by atoms with Gasteiger partial charge in [0.2, 0.25) is 0 Å². The van der Waals surface area contributed by atoms with E-state index in [0.29, 0.717) is 0 Å². The zero-order chi connectivity index (χ0) is 11.4. The second-order valence-electron chi connectivity index (χ2n) is 3.61. The molecular weight excluding hydrogens is 192 g/mol. The smallest absolute Gasteiger partial charge is 0.124 e.